The smallest absolute Gasteiger partial charge is 0.256 e. The van der Waals surface area contributed by atoms with E-state index in [4.69, 9.17) is 4.74 Å². The number of hydrogen-bond acceptors (Lipinski definition) is 4. The molecule has 0 aliphatic carbocycles. The lowest BCUT2D eigenvalue weighted by atomic mass is 10.1. The average molecular weight is 370 g/mol. The van der Waals surface area contributed by atoms with E-state index < -0.39 is 0 Å². The fourth-order valence-corrected chi connectivity index (χ4v) is 3.06. The van der Waals surface area contributed by atoms with E-state index in [2.05, 4.69) is 17.2 Å². The monoisotopic (exact) mass is 370 g/mol. The Morgan fingerprint density at radius 2 is 1.77 bits per heavy atom. The first-order valence-electron chi connectivity index (χ1n) is 8.17. The van der Waals surface area contributed by atoms with E-state index in [1.54, 1.807) is 43.5 Å². The van der Waals surface area contributed by atoms with Crippen molar-refractivity contribution in [2.24, 2.45) is 0 Å². The van der Waals surface area contributed by atoms with Crippen LogP contribution >= 0.6 is 11.8 Å². The summed E-state index contributed by atoms with van der Waals surface area (Å²) in [6.07, 6.45) is 1.79. The Morgan fingerprint density at radius 1 is 1.08 bits per heavy atom. The van der Waals surface area contributed by atoms with Crippen LogP contribution in [0.2, 0.25) is 0 Å². The standard InChI is InChI=1S/C20H22N2O3S/c1-3-14-26-18-11-7-5-9-16(18)20(24)22-17-10-6-4-8-15(17)19(23)21-12-13-25-2/h3-11H,1,12-14H2,2H3,(H,21,23)(H,22,24). The van der Waals surface area contributed by atoms with Gasteiger partial charge in [-0.1, -0.05) is 30.3 Å². The lowest BCUT2D eigenvalue weighted by molar-refractivity contribution is 0.0938. The molecule has 0 atom stereocenters. The van der Waals surface area contributed by atoms with Crippen molar-refractivity contribution < 1.29 is 14.3 Å². The van der Waals surface area contributed by atoms with E-state index in [1.165, 1.54) is 11.8 Å². The van der Waals surface area contributed by atoms with Crippen molar-refractivity contribution >= 4 is 29.3 Å². The van der Waals surface area contributed by atoms with Gasteiger partial charge in [-0.15, -0.1) is 18.3 Å². The molecule has 0 saturated carbocycles. The summed E-state index contributed by atoms with van der Waals surface area (Å²) in [5, 5.41) is 5.61. The Bertz CT molecular complexity index is 777. The maximum Gasteiger partial charge on any atom is 0.256 e. The highest BCUT2D eigenvalue weighted by atomic mass is 32.2. The zero-order chi connectivity index (χ0) is 18.8. The molecule has 0 aliphatic rings. The van der Waals surface area contributed by atoms with Gasteiger partial charge in [0.25, 0.3) is 11.8 Å². The molecule has 0 radical (unpaired) electrons. The molecule has 0 spiro atoms. The quantitative estimate of drug-likeness (QED) is 0.402. The number of ether oxygens (including phenoxy) is 1. The third-order valence-corrected chi connectivity index (χ3v) is 4.57. The molecular formula is C20H22N2O3S. The van der Waals surface area contributed by atoms with Gasteiger partial charge >= 0.3 is 0 Å². The lowest BCUT2D eigenvalue weighted by Crippen LogP contribution is -2.28. The van der Waals surface area contributed by atoms with Gasteiger partial charge in [-0.2, -0.15) is 0 Å². The minimum absolute atomic E-state index is 0.255. The predicted octanol–water partition coefficient (Wildman–Crippen LogP) is 3.59. The van der Waals surface area contributed by atoms with Gasteiger partial charge in [0.15, 0.2) is 0 Å². The number of rotatable bonds is 9. The third-order valence-electron chi connectivity index (χ3n) is 3.50. The summed E-state index contributed by atoms with van der Waals surface area (Å²) >= 11 is 1.54. The van der Waals surface area contributed by atoms with Gasteiger partial charge in [0.2, 0.25) is 0 Å². The van der Waals surface area contributed by atoms with E-state index in [1.807, 2.05) is 18.2 Å². The molecular weight excluding hydrogens is 348 g/mol. The van der Waals surface area contributed by atoms with Crippen LogP contribution in [0, 0.1) is 0 Å². The first-order chi connectivity index (χ1) is 12.7. The molecule has 2 aromatic carbocycles. The molecule has 0 heterocycles. The van der Waals surface area contributed by atoms with E-state index >= 15 is 0 Å². The fraction of sp³-hybridized carbons (Fsp3) is 0.200. The Labute approximate surface area is 157 Å². The second-order valence-corrected chi connectivity index (χ2v) is 6.41. The molecule has 136 valence electrons. The van der Waals surface area contributed by atoms with Crippen LogP contribution in [0.25, 0.3) is 0 Å². The SMILES string of the molecule is C=CCSc1ccccc1C(=O)Nc1ccccc1C(=O)NCCOC. The van der Waals surface area contributed by atoms with Crippen LogP contribution < -0.4 is 10.6 Å². The summed E-state index contributed by atoms with van der Waals surface area (Å²) in [6.45, 7) is 4.53. The molecule has 0 fully saturated rings. The number of thioether (sulfide) groups is 1. The molecule has 0 saturated heterocycles. The van der Waals surface area contributed by atoms with Crippen LogP contribution in [-0.4, -0.2) is 37.8 Å². The summed E-state index contributed by atoms with van der Waals surface area (Å²) < 4.78 is 4.93. The molecule has 2 amide bonds. The average Bonchev–Trinajstić information content (AvgIpc) is 2.67. The highest BCUT2D eigenvalue weighted by molar-refractivity contribution is 7.99. The van der Waals surface area contributed by atoms with Gasteiger partial charge in [-0.3, -0.25) is 9.59 Å². The lowest BCUT2D eigenvalue weighted by Gasteiger charge is -2.13. The molecule has 2 rings (SSSR count). The number of amides is 2. The van der Waals surface area contributed by atoms with Gasteiger partial charge < -0.3 is 15.4 Å². The van der Waals surface area contributed by atoms with E-state index in [-0.39, 0.29) is 11.8 Å². The zero-order valence-corrected chi connectivity index (χ0v) is 15.5. The first-order valence-corrected chi connectivity index (χ1v) is 9.16. The minimum atomic E-state index is -0.257. The highest BCUT2D eigenvalue weighted by Crippen LogP contribution is 2.24. The van der Waals surface area contributed by atoms with Gasteiger partial charge in [-0.25, -0.2) is 0 Å². The normalized spacial score (nSPS) is 10.2. The van der Waals surface area contributed by atoms with Crippen molar-refractivity contribution in [1.82, 2.24) is 5.32 Å². The Morgan fingerprint density at radius 3 is 2.50 bits per heavy atom. The van der Waals surface area contributed by atoms with Gasteiger partial charge in [0, 0.05) is 24.3 Å². The summed E-state index contributed by atoms with van der Waals surface area (Å²) in [5.41, 5.74) is 1.44. The number of carbonyl (C=O) groups excluding carboxylic acids is 2. The molecule has 0 aliphatic heterocycles. The van der Waals surface area contributed by atoms with Crippen molar-refractivity contribution in [3.05, 3.63) is 72.3 Å². The second-order valence-electron chi connectivity index (χ2n) is 5.34. The minimum Gasteiger partial charge on any atom is -0.383 e. The molecule has 6 heteroatoms. The van der Waals surface area contributed by atoms with Gasteiger partial charge in [0.05, 0.1) is 23.4 Å². The van der Waals surface area contributed by atoms with Crippen molar-refractivity contribution in [3.8, 4) is 0 Å². The van der Waals surface area contributed by atoms with Crippen LogP contribution in [0.5, 0.6) is 0 Å². The summed E-state index contributed by atoms with van der Waals surface area (Å²) in [4.78, 5) is 25.9. The maximum atomic E-state index is 12.7. The number of methoxy groups -OCH3 is 1. The van der Waals surface area contributed by atoms with Crippen LogP contribution in [0.15, 0.2) is 66.1 Å². The molecule has 2 aromatic rings. The molecule has 0 aromatic heterocycles. The Balaban J connectivity index is 2.17. The Hall–Kier alpha value is -2.57. The maximum absolute atomic E-state index is 12.7. The van der Waals surface area contributed by atoms with Crippen molar-refractivity contribution in [2.45, 2.75) is 4.90 Å². The van der Waals surface area contributed by atoms with E-state index in [9.17, 15) is 9.59 Å². The number of hydrogen-bond donors (Lipinski definition) is 2. The third kappa shape index (κ3) is 5.47. The van der Waals surface area contributed by atoms with Crippen LogP contribution in [0.3, 0.4) is 0 Å². The van der Waals surface area contributed by atoms with Crippen LogP contribution in [0.4, 0.5) is 5.69 Å². The predicted molar refractivity (Wildman–Crippen MR) is 106 cm³/mol. The topological polar surface area (TPSA) is 67.4 Å². The first kappa shape index (κ1) is 19.8. The van der Waals surface area contributed by atoms with Crippen molar-refractivity contribution in [1.29, 1.82) is 0 Å². The number of nitrogens with one attached hydrogen (secondary N) is 2. The number of para-hydroxylation sites is 1. The summed E-state index contributed by atoms with van der Waals surface area (Å²) in [6, 6.07) is 14.3. The molecule has 5 nitrogen and oxygen atoms in total. The van der Waals surface area contributed by atoms with E-state index in [0.29, 0.717) is 35.7 Å². The number of benzene rings is 2. The molecule has 26 heavy (non-hydrogen) atoms. The molecule has 0 unspecified atom stereocenters. The summed E-state index contributed by atoms with van der Waals surface area (Å²) in [5.74, 6) is 0.199. The molecule has 2 N–H and O–H groups in total. The van der Waals surface area contributed by atoms with Crippen LogP contribution in [-0.2, 0) is 4.74 Å². The fourth-order valence-electron chi connectivity index (χ4n) is 2.27. The van der Waals surface area contributed by atoms with Crippen LogP contribution in [0.1, 0.15) is 20.7 Å². The largest absolute Gasteiger partial charge is 0.383 e. The number of carbonyl (C=O) groups is 2. The summed E-state index contributed by atoms with van der Waals surface area (Å²) in [7, 11) is 1.57. The second kappa shape index (κ2) is 10.4. The van der Waals surface area contributed by atoms with Gasteiger partial charge in [-0.05, 0) is 24.3 Å². The van der Waals surface area contributed by atoms with Crippen molar-refractivity contribution in [2.75, 3.05) is 31.3 Å². The Kier molecular flexibility index (Phi) is 7.92. The number of anilines is 1. The highest BCUT2D eigenvalue weighted by Gasteiger charge is 2.15. The molecule has 0 bridgehead atoms. The van der Waals surface area contributed by atoms with Crippen molar-refractivity contribution in [3.63, 3.8) is 0 Å². The van der Waals surface area contributed by atoms with E-state index in [0.717, 1.165) is 4.90 Å². The van der Waals surface area contributed by atoms with Gasteiger partial charge in [0.1, 0.15) is 0 Å². The zero-order valence-electron chi connectivity index (χ0n) is 14.7.